The average molecular weight is 1070 g/mol. The number of hydrogen-bond acceptors (Lipinski definition) is 0. The first-order chi connectivity index (χ1) is 41.7. The smallest absolute Gasteiger partial charge is 0.0641 e. The molecule has 0 saturated heterocycles. The normalized spacial score (nSPS) is 12.3. The van der Waals surface area contributed by atoms with Gasteiger partial charge in [0, 0.05) is 81.7 Å². The van der Waals surface area contributed by atoms with Crippen molar-refractivity contribution in [1.82, 2.24) is 27.4 Å². The minimum atomic E-state index is 1.08. The van der Waals surface area contributed by atoms with Gasteiger partial charge in [-0.2, -0.15) is 0 Å². The molecule has 0 bridgehead atoms. The lowest BCUT2D eigenvalue weighted by molar-refractivity contribution is 1.10. The van der Waals surface area contributed by atoms with E-state index < -0.39 is 0 Å². The Morgan fingerprint density at radius 3 is 0.821 bits per heavy atom. The van der Waals surface area contributed by atoms with Crippen LogP contribution in [0.1, 0.15) is 0 Å². The number of benzene rings is 13. The Hall–Kier alpha value is -11.3. The number of hydrogen-bond donors (Lipinski definition) is 0. The lowest BCUT2D eigenvalue weighted by Gasteiger charge is -2.17. The standard InChI is InChI=1S/C78H48N6/c1-2-21-49(22-3-1)84-68-37-16-8-29-59(68)60-41-42-74-77(78(60)84)63-32-11-19-40-71(63)80(74)51-24-20-23-50(45-51)79-69-38-17-9-30-61(69)75-72(79)43-44-73-76(75)62-31-10-18-39-70(62)83(73)54-47-52(81-64-33-12-4-25-55(64)56-26-5-13-34-65(56)81)46-53(48-54)82-66-35-14-6-27-57(66)58-28-7-15-36-67(58)82/h1-48H. The number of nitrogens with zero attached hydrogens (tertiary/aromatic N) is 6. The van der Waals surface area contributed by atoms with Crippen molar-refractivity contribution in [1.29, 1.82) is 0 Å². The molecule has 0 atom stereocenters. The quantitative estimate of drug-likeness (QED) is 0.159. The van der Waals surface area contributed by atoms with E-state index in [2.05, 4.69) is 319 Å². The van der Waals surface area contributed by atoms with E-state index in [-0.39, 0.29) is 0 Å². The first kappa shape index (κ1) is 45.4. The van der Waals surface area contributed by atoms with Crippen LogP contribution < -0.4 is 0 Å². The lowest BCUT2D eigenvalue weighted by atomic mass is 10.1. The SMILES string of the molecule is c1ccc(-n2c3ccccc3c3ccc4c(c5ccccc5n4-c4cccc(-n5c6ccccc6c6c7c8ccccc8n(-c8cc(-n9c%10ccccc%10c%10ccccc%109)cc(-n9c%10ccccc%10c%10ccccc%109)c8)c7ccc65)c4)c32)cc1. The van der Waals surface area contributed by atoms with Gasteiger partial charge < -0.3 is 27.4 Å². The van der Waals surface area contributed by atoms with Crippen molar-refractivity contribution >= 4 is 131 Å². The average Bonchev–Trinajstić information content (AvgIpc) is 2.16. The summed E-state index contributed by atoms with van der Waals surface area (Å²) in [7, 11) is 0. The zero-order valence-electron chi connectivity index (χ0n) is 45.4. The Labute approximate surface area is 480 Å². The van der Waals surface area contributed by atoms with Crippen LogP contribution in [0, 0.1) is 0 Å². The predicted octanol–water partition coefficient (Wildman–Crippen LogP) is 20.3. The van der Waals surface area contributed by atoms with E-state index in [1.165, 1.54) is 109 Å². The van der Waals surface area contributed by atoms with Gasteiger partial charge >= 0.3 is 0 Å². The first-order valence-corrected chi connectivity index (χ1v) is 28.9. The first-order valence-electron chi connectivity index (χ1n) is 28.9. The molecular weight excluding hydrogens is 1020 g/mol. The van der Waals surface area contributed by atoms with Gasteiger partial charge in [0.15, 0.2) is 0 Å². The Balaban J connectivity index is 0.860. The van der Waals surface area contributed by atoms with Gasteiger partial charge in [0.2, 0.25) is 0 Å². The van der Waals surface area contributed by atoms with Crippen LogP contribution in [0.25, 0.3) is 165 Å². The maximum Gasteiger partial charge on any atom is 0.0641 e. The zero-order valence-corrected chi connectivity index (χ0v) is 45.4. The van der Waals surface area contributed by atoms with E-state index >= 15 is 0 Å². The summed E-state index contributed by atoms with van der Waals surface area (Å²) < 4.78 is 14.9. The van der Waals surface area contributed by atoms with Gasteiger partial charge in [-0.05, 0) is 115 Å². The molecule has 0 saturated carbocycles. The van der Waals surface area contributed by atoms with Crippen LogP contribution in [0.5, 0.6) is 0 Å². The van der Waals surface area contributed by atoms with Crippen molar-refractivity contribution in [3.05, 3.63) is 291 Å². The number of aromatic nitrogens is 6. The van der Waals surface area contributed by atoms with Crippen LogP contribution >= 0.6 is 0 Å². The molecule has 0 aliphatic heterocycles. The Bertz CT molecular complexity index is 5750. The van der Waals surface area contributed by atoms with Crippen LogP contribution in [0.4, 0.5) is 0 Å². The summed E-state index contributed by atoms with van der Waals surface area (Å²) in [6.07, 6.45) is 0. The van der Waals surface area contributed by atoms with E-state index in [0.717, 1.165) is 56.2 Å². The van der Waals surface area contributed by atoms with Gasteiger partial charge in [-0.3, -0.25) is 0 Å². The molecule has 6 heterocycles. The van der Waals surface area contributed by atoms with Crippen molar-refractivity contribution in [3.8, 4) is 34.1 Å². The highest BCUT2D eigenvalue weighted by atomic mass is 15.1. The highest BCUT2D eigenvalue weighted by molar-refractivity contribution is 6.30. The molecule has 84 heavy (non-hydrogen) atoms. The molecule has 390 valence electrons. The molecule has 19 rings (SSSR count). The minimum Gasteiger partial charge on any atom is -0.309 e. The summed E-state index contributed by atoms with van der Waals surface area (Å²) in [4.78, 5) is 0. The Morgan fingerprint density at radius 2 is 0.405 bits per heavy atom. The third-order valence-corrected chi connectivity index (χ3v) is 18.1. The van der Waals surface area contributed by atoms with Gasteiger partial charge in [0.05, 0.1) is 83.3 Å². The van der Waals surface area contributed by atoms with E-state index in [0.29, 0.717) is 0 Å². The van der Waals surface area contributed by atoms with Crippen LogP contribution in [0.2, 0.25) is 0 Å². The van der Waals surface area contributed by atoms with E-state index in [4.69, 9.17) is 0 Å². The van der Waals surface area contributed by atoms with Gasteiger partial charge in [0.1, 0.15) is 0 Å². The van der Waals surface area contributed by atoms with Gasteiger partial charge in [0.25, 0.3) is 0 Å². The molecular formula is C78H48N6. The van der Waals surface area contributed by atoms with Crippen molar-refractivity contribution in [2.45, 2.75) is 0 Å². The molecule has 0 spiro atoms. The zero-order chi connectivity index (χ0) is 54.7. The second-order valence-corrected chi connectivity index (χ2v) is 22.4. The summed E-state index contributed by atoms with van der Waals surface area (Å²) in [6.45, 7) is 0. The third-order valence-electron chi connectivity index (χ3n) is 18.1. The number of para-hydroxylation sites is 9. The van der Waals surface area contributed by atoms with Crippen LogP contribution in [0.15, 0.2) is 291 Å². The van der Waals surface area contributed by atoms with Crippen LogP contribution in [-0.2, 0) is 0 Å². The third kappa shape index (κ3) is 6.12. The van der Waals surface area contributed by atoms with Crippen molar-refractivity contribution < 1.29 is 0 Å². The highest BCUT2D eigenvalue weighted by Gasteiger charge is 2.25. The summed E-state index contributed by atoms with van der Waals surface area (Å²) >= 11 is 0. The molecule has 6 nitrogen and oxygen atoms in total. The van der Waals surface area contributed by atoms with Crippen LogP contribution in [0.3, 0.4) is 0 Å². The maximum absolute atomic E-state index is 2.52. The molecule has 19 aromatic rings. The minimum absolute atomic E-state index is 1.08. The summed E-state index contributed by atoms with van der Waals surface area (Å²) in [6, 6.07) is 108. The predicted molar refractivity (Wildman–Crippen MR) is 352 cm³/mol. The van der Waals surface area contributed by atoms with E-state index in [1.807, 2.05) is 0 Å². The fourth-order valence-electron chi connectivity index (χ4n) is 14.8. The highest BCUT2D eigenvalue weighted by Crippen LogP contribution is 2.46. The molecule has 6 heteroatoms. The molecule has 13 aromatic carbocycles. The van der Waals surface area contributed by atoms with Crippen molar-refractivity contribution in [2.75, 3.05) is 0 Å². The molecule has 6 aromatic heterocycles. The van der Waals surface area contributed by atoms with E-state index in [9.17, 15) is 0 Å². The molecule has 0 aliphatic rings. The Morgan fingerprint density at radius 1 is 0.143 bits per heavy atom. The maximum atomic E-state index is 2.52. The van der Waals surface area contributed by atoms with Gasteiger partial charge in [-0.1, -0.05) is 176 Å². The van der Waals surface area contributed by atoms with Crippen LogP contribution in [-0.4, -0.2) is 27.4 Å². The molecule has 0 N–H and O–H groups in total. The van der Waals surface area contributed by atoms with Crippen molar-refractivity contribution in [2.24, 2.45) is 0 Å². The largest absolute Gasteiger partial charge is 0.309 e. The fourth-order valence-corrected chi connectivity index (χ4v) is 14.8. The molecule has 0 unspecified atom stereocenters. The number of fused-ring (bicyclic) bond motifs is 20. The van der Waals surface area contributed by atoms with Gasteiger partial charge in [-0.25, -0.2) is 0 Å². The molecule has 0 fully saturated rings. The molecule has 0 amide bonds. The summed E-state index contributed by atoms with van der Waals surface area (Å²) in [5.74, 6) is 0. The molecule has 0 radical (unpaired) electrons. The number of rotatable bonds is 6. The van der Waals surface area contributed by atoms with E-state index in [1.54, 1.807) is 0 Å². The summed E-state index contributed by atoms with van der Waals surface area (Å²) in [5.41, 5.74) is 20.7. The van der Waals surface area contributed by atoms with Gasteiger partial charge in [-0.15, -0.1) is 0 Å². The van der Waals surface area contributed by atoms with Crippen molar-refractivity contribution in [3.63, 3.8) is 0 Å². The Kier molecular flexibility index (Phi) is 9.24. The lowest BCUT2D eigenvalue weighted by Crippen LogP contribution is -2.03. The monoisotopic (exact) mass is 1070 g/mol. The summed E-state index contributed by atoms with van der Waals surface area (Å²) in [5, 5.41) is 14.8. The second-order valence-electron chi connectivity index (χ2n) is 22.4. The second kappa shape index (κ2) is 17.1. The fraction of sp³-hybridized carbons (Fsp3) is 0. The topological polar surface area (TPSA) is 29.6 Å². The molecule has 0 aliphatic carbocycles.